The number of allylic oxidation sites excluding steroid dienone is 1. The number of aryl methyl sites for hydroxylation is 1. The van der Waals surface area contributed by atoms with Crippen molar-refractivity contribution in [3.05, 3.63) is 82.9 Å². The molecule has 4 rings (SSSR count). The number of fused-ring (bicyclic) bond motifs is 1. The molecule has 5 nitrogen and oxygen atoms in total. The number of benzene rings is 2. The summed E-state index contributed by atoms with van der Waals surface area (Å²) in [6.07, 6.45) is 5.92. The van der Waals surface area contributed by atoms with Crippen LogP contribution in [-0.2, 0) is 18.4 Å². The molecule has 0 bridgehead atoms. The Balaban J connectivity index is 1.64. The van der Waals surface area contributed by atoms with E-state index in [1.54, 1.807) is 0 Å². The van der Waals surface area contributed by atoms with Crippen molar-refractivity contribution >= 4 is 11.6 Å². The van der Waals surface area contributed by atoms with Crippen LogP contribution in [0, 0.1) is 6.92 Å². The Morgan fingerprint density at radius 3 is 2.54 bits per heavy atom. The van der Waals surface area contributed by atoms with Gasteiger partial charge in [-0.3, -0.25) is 4.79 Å². The van der Waals surface area contributed by atoms with Gasteiger partial charge in [0.05, 0.1) is 5.76 Å². The number of aliphatic hydroxyl groups excluding tert-OH is 1. The van der Waals surface area contributed by atoms with Crippen LogP contribution in [0.5, 0.6) is 0 Å². The fourth-order valence-corrected chi connectivity index (χ4v) is 5.35. The van der Waals surface area contributed by atoms with Crippen LogP contribution >= 0.6 is 0 Å². The summed E-state index contributed by atoms with van der Waals surface area (Å²) < 4.78 is 2.21. The Bertz CT molecular complexity index is 1280. The molecular weight excluding hydrogens is 458 g/mol. The molecule has 2 N–H and O–H groups in total. The van der Waals surface area contributed by atoms with Crippen LogP contribution in [0.15, 0.2) is 54.8 Å². The van der Waals surface area contributed by atoms with Crippen molar-refractivity contribution in [2.75, 3.05) is 5.32 Å². The molecule has 196 valence electrons. The molecule has 3 aromatic rings. The van der Waals surface area contributed by atoms with E-state index in [0.717, 1.165) is 61.4 Å². The largest absolute Gasteiger partial charge is 0.513 e. The number of aliphatic hydroxyl groups is 1. The number of rotatable bonds is 9. The van der Waals surface area contributed by atoms with E-state index in [1.165, 1.54) is 16.7 Å². The number of carbonyl (C=O) groups excluding carboxylic acids is 1. The quantitative estimate of drug-likeness (QED) is 0.231. The zero-order chi connectivity index (χ0) is 26.7. The topological polar surface area (TPSA) is 67.2 Å². The number of anilines is 1. The molecule has 0 saturated carbocycles. The molecule has 1 atom stereocenters. The summed E-state index contributed by atoms with van der Waals surface area (Å²) in [6, 6.07) is 14.6. The van der Waals surface area contributed by atoms with Crippen LogP contribution in [0.1, 0.15) is 98.6 Å². The van der Waals surface area contributed by atoms with Crippen molar-refractivity contribution in [1.29, 1.82) is 0 Å². The summed E-state index contributed by atoms with van der Waals surface area (Å²) in [7, 11) is 0. The van der Waals surface area contributed by atoms with Gasteiger partial charge in [-0.15, -0.1) is 0 Å². The van der Waals surface area contributed by atoms with Gasteiger partial charge in [0.1, 0.15) is 11.5 Å². The summed E-state index contributed by atoms with van der Waals surface area (Å²) in [6.45, 7) is 15.2. The number of amides is 1. The predicted molar refractivity (Wildman–Crippen MR) is 152 cm³/mol. The van der Waals surface area contributed by atoms with Crippen LogP contribution in [0.4, 0.5) is 5.69 Å². The fraction of sp³-hybridized carbons (Fsp3) is 0.438. The lowest BCUT2D eigenvalue weighted by Gasteiger charge is -2.19. The van der Waals surface area contributed by atoms with Crippen molar-refractivity contribution in [3.8, 4) is 11.4 Å². The zero-order valence-corrected chi connectivity index (χ0v) is 23.0. The lowest BCUT2D eigenvalue weighted by atomic mass is 9.87. The summed E-state index contributed by atoms with van der Waals surface area (Å²) in [5, 5.41) is 12.8. The monoisotopic (exact) mass is 499 g/mol. The Hall–Kier alpha value is -3.34. The standard InChI is InChI=1S/C32H41N3O2/c1-7-8-9-18-35-22(3)29(31(37)33-27-15-13-26(14-16-27)32(4,5)6)34-30(35)25-12-17-28-23(19-21(2)36)10-11-24(28)20-25/h12-17,20,23,36H,2,7-11,18-19H2,1,3-6H3,(H,33,37)/t23-/m0/s1. The molecular formula is C32H41N3O2. The molecule has 1 heterocycles. The normalized spacial score (nSPS) is 15.0. The maximum atomic E-state index is 13.4. The average molecular weight is 500 g/mol. The minimum Gasteiger partial charge on any atom is -0.513 e. The first-order valence-corrected chi connectivity index (χ1v) is 13.6. The van der Waals surface area contributed by atoms with Crippen LogP contribution < -0.4 is 5.32 Å². The van der Waals surface area contributed by atoms with Crippen molar-refractivity contribution in [3.63, 3.8) is 0 Å². The predicted octanol–water partition coefficient (Wildman–Crippen LogP) is 8.09. The van der Waals surface area contributed by atoms with Gasteiger partial charge in [-0.2, -0.15) is 0 Å². The first-order valence-electron chi connectivity index (χ1n) is 13.6. The molecule has 1 aliphatic rings. The molecule has 2 aromatic carbocycles. The van der Waals surface area contributed by atoms with Gasteiger partial charge in [-0.05, 0) is 72.4 Å². The number of nitrogens with one attached hydrogen (secondary N) is 1. The van der Waals surface area contributed by atoms with Gasteiger partial charge in [0.25, 0.3) is 5.91 Å². The summed E-state index contributed by atoms with van der Waals surface area (Å²) in [5.41, 5.74) is 7.06. The molecule has 0 saturated heterocycles. The van der Waals surface area contributed by atoms with Gasteiger partial charge in [-0.25, -0.2) is 4.98 Å². The Morgan fingerprint density at radius 2 is 1.89 bits per heavy atom. The summed E-state index contributed by atoms with van der Waals surface area (Å²) >= 11 is 0. The second-order valence-electron chi connectivity index (χ2n) is 11.4. The third-order valence-electron chi connectivity index (χ3n) is 7.52. The molecule has 1 aliphatic carbocycles. The van der Waals surface area contributed by atoms with Crippen LogP contribution in [0.3, 0.4) is 0 Å². The third-order valence-corrected chi connectivity index (χ3v) is 7.52. The Morgan fingerprint density at radius 1 is 1.16 bits per heavy atom. The second-order valence-corrected chi connectivity index (χ2v) is 11.4. The van der Waals surface area contributed by atoms with Crippen molar-refractivity contribution < 1.29 is 9.90 Å². The first kappa shape index (κ1) is 26.7. The minimum absolute atomic E-state index is 0.0627. The van der Waals surface area contributed by atoms with Crippen LogP contribution in [0.2, 0.25) is 0 Å². The highest BCUT2D eigenvalue weighted by Crippen LogP contribution is 2.39. The second kappa shape index (κ2) is 11.0. The zero-order valence-electron chi connectivity index (χ0n) is 23.0. The van der Waals surface area contributed by atoms with Crippen molar-refractivity contribution in [2.45, 2.75) is 91.0 Å². The van der Waals surface area contributed by atoms with Gasteiger partial charge < -0.3 is 15.0 Å². The lowest BCUT2D eigenvalue weighted by Crippen LogP contribution is -2.15. The number of aromatic nitrogens is 2. The highest BCUT2D eigenvalue weighted by molar-refractivity contribution is 6.04. The third kappa shape index (κ3) is 5.98. The highest BCUT2D eigenvalue weighted by atomic mass is 16.3. The molecule has 37 heavy (non-hydrogen) atoms. The minimum atomic E-state index is -0.181. The van der Waals surface area contributed by atoms with E-state index in [1.807, 2.05) is 19.1 Å². The Kier molecular flexibility index (Phi) is 7.91. The van der Waals surface area contributed by atoms with Gasteiger partial charge >= 0.3 is 0 Å². The van der Waals surface area contributed by atoms with E-state index in [2.05, 4.69) is 74.5 Å². The molecule has 0 fully saturated rings. The van der Waals surface area contributed by atoms with Gasteiger partial charge in [-0.1, -0.05) is 71.4 Å². The van der Waals surface area contributed by atoms with E-state index in [4.69, 9.17) is 4.98 Å². The van der Waals surface area contributed by atoms with E-state index in [-0.39, 0.29) is 17.1 Å². The maximum Gasteiger partial charge on any atom is 0.276 e. The van der Waals surface area contributed by atoms with Crippen molar-refractivity contribution in [2.24, 2.45) is 0 Å². The molecule has 0 unspecified atom stereocenters. The summed E-state index contributed by atoms with van der Waals surface area (Å²) in [5.74, 6) is 1.23. The summed E-state index contributed by atoms with van der Waals surface area (Å²) in [4.78, 5) is 18.3. The number of unbranched alkanes of at least 4 members (excludes halogenated alkanes) is 2. The number of hydrogen-bond donors (Lipinski definition) is 2. The molecule has 0 aliphatic heterocycles. The average Bonchev–Trinajstić information content (AvgIpc) is 3.39. The molecule has 1 amide bonds. The van der Waals surface area contributed by atoms with Crippen LogP contribution in [0.25, 0.3) is 11.4 Å². The maximum absolute atomic E-state index is 13.4. The highest BCUT2D eigenvalue weighted by Gasteiger charge is 2.26. The van der Waals surface area contributed by atoms with E-state index < -0.39 is 0 Å². The molecule has 0 spiro atoms. The first-order chi connectivity index (χ1) is 17.6. The van der Waals surface area contributed by atoms with Crippen molar-refractivity contribution in [1.82, 2.24) is 9.55 Å². The SMILES string of the molecule is C=C(O)C[C@@H]1CCc2cc(-c3nc(C(=O)Nc4ccc(C(C)(C)C)cc4)c(C)n3CCCCC)ccc21. The number of carbonyl (C=O) groups is 1. The fourth-order valence-electron chi connectivity index (χ4n) is 5.35. The number of hydrogen-bond acceptors (Lipinski definition) is 3. The molecule has 5 heteroatoms. The molecule has 0 radical (unpaired) electrons. The lowest BCUT2D eigenvalue weighted by molar-refractivity contribution is 0.102. The number of nitrogens with zero attached hydrogens (tertiary/aromatic N) is 2. The van der Waals surface area contributed by atoms with Gasteiger partial charge in [0.2, 0.25) is 0 Å². The van der Waals surface area contributed by atoms with E-state index in [0.29, 0.717) is 18.0 Å². The smallest absolute Gasteiger partial charge is 0.276 e. The van der Waals surface area contributed by atoms with Gasteiger partial charge in [0.15, 0.2) is 0 Å². The number of imidazole rings is 1. The van der Waals surface area contributed by atoms with Crippen LogP contribution in [-0.4, -0.2) is 20.6 Å². The Labute approximate surface area is 221 Å². The van der Waals surface area contributed by atoms with E-state index >= 15 is 0 Å². The van der Waals surface area contributed by atoms with Gasteiger partial charge in [0, 0.05) is 29.9 Å². The van der Waals surface area contributed by atoms with E-state index in [9.17, 15) is 9.90 Å². The molecule has 1 aromatic heterocycles.